The largest absolute Gasteiger partial charge is 0.484 e. The molecule has 1 unspecified atom stereocenters. The van der Waals surface area contributed by atoms with E-state index >= 15 is 0 Å². The van der Waals surface area contributed by atoms with Gasteiger partial charge in [0, 0.05) is 6.54 Å². The van der Waals surface area contributed by atoms with E-state index in [4.69, 9.17) is 20.9 Å². The van der Waals surface area contributed by atoms with E-state index in [9.17, 15) is 0 Å². The predicted octanol–water partition coefficient (Wildman–Crippen LogP) is 0.552. The number of ether oxygens (including phenoxy) is 2. The van der Waals surface area contributed by atoms with Gasteiger partial charge in [0.05, 0.1) is 11.4 Å². The second-order valence-electron chi connectivity index (χ2n) is 4.22. The van der Waals surface area contributed by atoms with Crippen LogP contribution in [0.15, 0.2) is 12.1 Å². The van der Waals surface area contributed by atoms with Gasteiger partial charge in [0.1, 0.15) is 12.7 Å². The second-order valence-corrected chi connectivity index (χ2v) is 4.22. The lowest BCUT2D eigenvalue weighted by atomic mass is 10.2. The Bertz CT molecular complexity index is 393. The molecular formula is C11H17N3O2. The van der Waals surface area contributed by atoms with Crippen LogP contribution in [0.5, 0.6) is 11.5 Å². The smallest absolute Gasteiger partial charge is 0.186 e. The molecule has 1 aromatic carbocycles. The normalized spacial score (nSPS) is 18.8. The first kappa shape index (κ1) is 10.9. The summed E-state index contributed by atoms with van der Waals surface area (Å²) in [6.07, 6.45) is -0.00778. The summed E-state index contributed by atoms with van der Waals surface area (Å²) in [5.41, 5.74) is 12.7. The molecular weight excluding hydrogens is 206 g/mol. The zero-order valence-electron chi connectivity index (χ0n) is 9.56. The Balaban J connectivity index is 2.23. The maximum atomic E-state index is 5.83. The zero-order chi connectivity index (χ0) is 11.7. The molecule has 1 aliphatic rings. The van der Waals surface area contributed by atoms with Gasteiger partial charge in [-0.1, -0.05) is 0 Å². The fourth-order valence-electron chi connectivity index (χ4n) is 1.74. The Labute approximate surface area is 94.9 Å². The summed E-state index contributed by atoms with van der Waals surface area (Å²) >= 11 is 0. The van der Waals surface area contributed by atoms with Gasteiger partial charge in [0.2, 0.25) is 0 Å². The van der Waals surface area contributed by atoms with Crippen LogP contribution in [0.25, 0.3) is 0 Å². The average Bonchev–Trinajstić information content (AvgIpc) is 2.23. The van der Waals surface area contributed by atoms with Crippen molar-refractivity contribution >= 4 is 11.4 Å². The van der Waals surface area contributed by atoms with E-state index in [2.05, 4.69) is 0 Å². The summed E-state index contributed by atoms with van der Waals surface area (Å²) in [7, 11) is 3.98. The molecule has 2 rings (SSSR count). The highest BCUT2D eigenvalue weighted by Gasteiger charge is 2.25. The highest BCUT2D eigenvalue weighted by atomic mass is 16.6. The summed E-state index contributed by atoms with van der Waals surface area (Å²) in [5, 5.41) is 0. The fraction of sp³-hybridized carbons (Fsp3) is 0.455. The number of hydrogen-bond donors (Lipinski definition) is 2. The van der Waals surface area contributed by atoms with Gasteiger partial charge in [-0.25, -0.2) is 0 Å². The summed E-state index contributed by atoms with van der Waals surface area (Å²) in [4.78, 5) is 2.04. The van der Waals surface area contributed by atoms with Crippen molar-refractivity contribution in [1.29, 1.82) is 0 Å². The van der Waals surface area contributed by atoms with Gasteiger partial charge in [0.25, 0.3) is 0 Å². The molecule has 1 aliphatic heterocycles. The van der Waals surface area contributed by atoms with Crippen LogP contribution in [0, 0.1) is 0 Å². The molecule has 1 atom stereocenters. The Morgan fingerprint density at radius 2 is 1.88 bits per heavy atom. The minimum Gasteiger partial charge on any atom is -0.484 e. The van der Waals surface area contributed by atoms with Crippen LogP contribution < -0.4 is 20.9 Å². The van der Waals surface area contributed by atoms with Crippen molar-refractivity contribution in [2.75, 3.05) is 38.7 Å². The van der Waals surface area contributed by atoms with E-state index in [1.54, 1.807) is 12.1 Å². The quantitative estimate of drug-likeness (QED) is 0.716. The van der Waals surface area contributed by atoms with Crippen molar-refractivity contribution in [2.24, 2.45) is 0 Å². The van der Waals surface area contributed by atoms with Crippen LogP contribution in [0.4, 0.5) is 11.4 Å². The van der Waals surface area contributed by atoms with Gasteiger partial charge < -0.3 is 25.8 Å². The lowest BCUT2D eigenvalue weighted by Crippen LogP contribution is -2.38. The monoisotopic (exact) mass is 223 g/mol. The van der Waals surface area contributed by atoms with Crippen LogP contribution in [0.1, 0.15) is 0 Å². The number of nitrogen functional groups attached to an aromatic ring is 2. The van der Waals surface area contributed by atoms with E-state index in [1.165, 1.54) is 0 Å². The SMILES string of the molecule is CN(C)CC1COc2c(N)ccc(N)c2O1. The first-order valence-corrected chi connectivity index (χ1v) is 5.20. The van der Waals surface area contributed by atoms with Gasteiger partial charge in [-0.2, -0.15) is 0 Å². The standard InChI is InChI=1S/C11H17N3O2/c1-14(2)5-7-6-15-10-8(12)3-4-9(13)11(10)16-7/h3-4,7H,5-6,12-13H2,1-2H3. The van der Waals surface area contributed by atoms with Crippen LogP contribution in [-0.2, 0) is 0 Å². The van der Waals surface area contributed by atoms with E-state index in [-0.39, 0.29) is 6.10 Å². The van der Waals surface area contributed by atoms with Gasteiger partial charge in [-0.3, -0.25) is 0 Å². The third kappa shape index (κ3) is 1.99. The molecule has 0 radical (unpaired) electrons. The zero-order valence-corrected chi connectivity index (χ0v) is 9.56. The number of fused-ring (bicyclic) bond motifs is 1. The summed E-state index contributed by atoms with van der Waals surface area (Å²) in [5.74, 6) is 1.13. The molecule has 0 bridgehead atoms. The van der Waals surface area contributed by atoms with Crippen LogP contribution in [0.3, 0.4) is 0 Å². The minimum absolute atomic E-state index is 0.00778. The maximum Gasteiger partial charge on any atom is 0.186 e. The number of benzene rings is 1. The Kier molecular flexibility index (Phi) is 2.78. The number of anilines is 2. The molecule has 5 nitrogen and oxygen atoms in total. The fourth-order valence-corrected chi connectivity index (χ4v) is 1.74. The van der Waals surface area contributed by atoms with Crippen molar-refractivity contribution in [3.05, 3.63) is 12.1 Å². The number of nitrogens with two attached hydrogens (primary N) is 2. The molecule has 0 amide bonds. The Morgan fingerprint density at radius 1 is 1.25 bits per heavy atom. The highest BCUT2D eigenvalue weighted by Crippen LogP contribution is 2.41. The number of rotatable bonds is 2. The molecule has 0 saturated carbocycles. The van der Waals surface area contributed by atoms with Crippen LogP contribution in [0.2, 0.25) is 0 Å². The minimum atomic E-state index is -0.00778. The highest BCUT2D eigenvalue weighted by molar-refractivity contribution is 5.71. The maximum absolute atomic E-state index is 5.83. The van der Waals surface area contributed by atoms with Gasteiger partial charge in [-0.05, 0) is 26.2 Å². The van der Waals surface area contributed by atoms with E-state index in [0.29, 0.717) is 29.5 Å². The molecule has 1 aromatic rings. The Morgan fingerprint density at radius 3 is 2.50 bits per heavy atom. The summed E-state index contributed by atoms with van der Waals surface area (Å²) in [6.45, 7) is 1.28. The van der Waals surface area contributed by atoms with Crippen molar-refractivity contribution < 1.29 is 9.47 Å². The lowest BCUT2D eigenvalue weighted by molar-refractivity contribution is 0.0726. The second kappa shape index (κ2) is 4.09. The first-order valence-electron chi connectivity index (χ1n) is 5.20. The summed E-state index contributed by atoms with van der Waals surface area (Å²) in [6, 6.07) is 3.46. The predicted molar refractivity (Wildman–Crippen MR) is 63.7 cm³/mol. The van der Waals surface area contributed by atoms with E-state index < -0.39 is 0 Å². The summed E-state index contributed by atoms with van der Waals surface area (Å²) < 4.78 is 11.4. The number of hydrogen-bond acceptors (Lipinski definition) is 5. The van der Waals surface area contributed by atoms with Crippen molar-refractivity contribution in [3.63, 3.8) is 0 Å². The molecule has 0 aromatic heterocycles. The molecule has 5 heteroatoms. The van der Waals surface area contributed by atoms with E-state index in [1.807, 2.05) is 19.0 Å². The Hall–Kier alpha value is -1.62. The molecule has 0 aliphatic carbocycles. The van der Waals surface area contributed by atoms with Crippen molar-refractivity contribution in [3.8, 4) is 11.5 Å². The van der Waals surface area contributed by atoms with Gasteiger partial charge in [0.15, 0.2) is 11.5 Å². The number of nitrogens with zero attached hydrogens (tertiary/aromatic N) is 1. The van der Waals surface area contributed by atoms with Crippen molar-refractivity contribution in [2.45, 2.75) is 6.10 Å². The first-order chi connectivity index (χ1) is 7.58. The molecule has 0 saturated heterocycles. The molecule has 1 heterocycles. The molecule has 0 fully saturated rings. The van der Waals surface area contributed by atoms with Crippen LogP contribution >= 0.6 is 0 Å². The topological polar surface area (TPSA) is 73.7 Å². The average molecular weight is 223 g/mol. The lowest BCUT2D eigenvalue weighted by Gasteiger charge is -2.29. The third-order valence-electron chi connectivity index (χ3n) is 2.44. The number of likely N-dealkylation sites (N-methyl/N-ethyl adjacent to an activating group) is 1. The van der Waals surface area contributed by atoms with Crippen molar-refractivity contribution in [1.82, 2.24) is 4.90 Å². The molecule has 16 heavy (non-hydrogen) atoms. The molecule has 4 N–H and O–H groups in total. The van der Waals surface area contributed by atoms with Crippen LogP contribution in [-0.4, -0.2) is 38.3 Å². The third-order valence-corrected chi connectivity index (χ3v) is 2.44. The molecule has 0 spiro atoms. The molecule has 88 valence electrons. The van der Waals surface area contributed by atoms with Gasteiger partial charge >= 0.3 is 0 Å². The van der Waals surface area contributed by atoms with Gasteiger partial charge in [-0.15, -0.1) is 0 Å². The van der Waals surface area contributed by atoms with E-state index in [0.717, 1.165) is 6.54 Å².